The van der Waals surface area contributed by atoms with Gasteiger partial charge in [0.15, 0.2) is 5.16 Å². The predicted molar refractivity (Wildman–Crippen MR) is 107 cm³/mol. The van der Waals surface area contributed by atoms with Crippen LogP contribution < -0.4 is 10.9 Å². The highest BCUT2D eigenvalue weighted by molar-refractivity contribution is 7.99. The highest BCUT2D eigenvalue weighted by Gasteiger charge is 2.19. The molecule has 0 aliphatic heterocycles. The number of carbonyl (C=O) groups is 1. The Bertz CT molecular complexity index is 1090. The summed E-state index contributed by atoms with van der Waals surface area (Å²) in [4.78, 5) is 39.9. The fourth-order valence-electron chi connectivity index (χ4n) is 2.59. The Morgan fingerprint density at radius 3 is 2.89 bits per heavy atom. The molecule has 0 unspecified atom stereocenters. The zero-order chi connectivity index (χ0) is 19.6. The number of rotatable bonds is 6. The Morgan fingerprint density at radius 2 is 2.19 bits per heavy atom. The SMILES string of the molecule is CCn1c(SCC(=O)Nc2c(C)cccc2[N+](=O)[O-])nc2ccsc2c1=O. The van der Waals surface area contributed by atoms with Gasteiger partial charge in [0.2, 0.25) is 5.91 Å². The minimum Gasteiger partial charge on any atom is -0.319 e. The number of thioether (sulfide) groups is 1. The molecule has 3 aromatic rings. The van der Waals surface area contributed by atoms with Crippen LogP contribution in [0.3, 0.4) is 0 Å². The molecular weight excluding hydrogens is 388 g/mol. The minimum atomic E-state index is -0.531. The molecule has 140 valence electrons. The lowest BCUT2D eigenvalue weighted by atomic mass is 10.1. The second kappa shape index (κ2) is 7.89. The first kappa shape index (κ1) is 19.1. The zero-order valence-corrected chi connectivity index (χ0v) is 16.2. The van der Waals surface area contributed by atoms with E-state index in [1.165, 1.54) is 22.0 Å². The number of aryl methyl sites for hydroxylation is 1. The van der Waals surface area contributed by atoms with E-state index in [1.807, 2.05) is 6.92 Å². The van der Waals surface area contributed by atoms with Crippen LogP contribution in [0.25, 0.3) is 10.2 Å². The van der Waals surface area contributed by atoms with Crippen molar-refractivity contribution in [3.05, 3.63) is 55.7 Å². The van der Waals surface area contributed by atoms with E-state index in [9.17, 15) is 19.7 Å². The molecule has 0 radical (unpaired) electrons. The van der Waals surface area contributed by atoms with Crippen molar-refractivity contribution in [3.63, 3.8) is 0 Å². The monoisotopic (exact) mass is 404 g/mol. The van der Waals surface area contributed by atoms with Crippen LogP contribution in [-0.2, 0) is 11.3 Å². The van der Waals surface area contributed by atoms with Gasteiger partial charge in [0.25, 0.3) is 11.2 Å². The van der Waals surface area contributed by atoms with Gasteiger partial charge in [-0.2, -0.15) is 0 Å². The molecular formula is C17H16N4O4S2. The third kappa shape index (κ3) is 3.86. The van der Waals surface area contributed by atoms with Gasteiger partial charge in [-0.25, -0.2) is 4.98 Å². The number of nitrogens with zero attached hydrogens (tertiary/aromatic N) is 3. The van der Waals surface area contributed by atoms with Gasteiger partial charge in [0, 0.05) is 12.6 Å². The maximum atomic E-state index is 12.5. The van der Waals surface area contributed by atoms with Crippen LogP contribution in [0.1, 0.15) is 12.5 Å². The van der Waals surface area contributed by atoms with Gasteiger partial charge in [0.05, 0.1) is 16.2 Å². The maximum Gasteiger partial charge on any atom is 0.293 e. The van der Waals surface area contributed by atoms with Crippen molar-refractivity contribution in [1.82, 2.24) is 9.55 Å². The van der Waals surface area contributed by atoms with Crippen LogP contribution in [0.2, 0.25) is 0 Å². The van der Waals surface area contributed by atoms with Gasteiger partial charge in [-0.15, -0.1) is 11.3 Å². The molecule has 1 amide bonds. The number of benzene rings is 1. The Morgan fingerprint density at radius 1 is 1.41 bits per heavy atom. The van der Waals surface area contributed by atoms with Crippen LogP contribution in [0.5, 0.6) is 0 Å². The lowest BCUT2D eigenvalue weighted by Gasteiger charge is -2.11. The number of fused-ring (bicyclic) bond motifs is 1. The molecule has 0 saturated carbocycles. The molecule has 27 heavy (non-hydrogen) atoms. The summed E-state index contributed by atoms with van der Waals surface area (Å²) in [6, 6.07) is 6.37. The van der Waals surface area contributed by atoms with Gasteiger partial charge < -0.3 is 5.32 Å². The number of nitro groups is 1. The number of hydrogen-bond donors (Lipinski definition) is 1. The van der Waals surface area contributed by atoms with Crippen molar-refractivity contribution in [2.75, 3.05) is 11.1 Å². The van der Waals surface area contributed by atoms with Crippen LogP contribution >= 0.6 is 23.1 Å². The molecule has 2 heterocycles. The molecule has 0 spiro atoms. The Hall–Kier alpha value is -2.72. The Labute approximate surface area is 162 Å². The van der Waals surface area contributed by atoms with Crippen LogP contribution in [0.4, 0.5) is 11.4 Å². The summed E-state index contributed by atoms with van der Waals surface area (Å²) in [6.07, 6.45) is 0. The fourth-order valence-corrected chi connectivity index (χ4v) is 4.23. The van der Waals surface area contributed by atoms with Crippen molar-refractivity contribution in [2.24, 2.45) is 0 Å². The van der Waals surface area contributed by atoms with Gasteiger partial charge >= 0.3 is 0 Å². The summed E-state index contributed by atoms with van der Waals surface area (Å²) in [5.74, 6) is -0.423. The molecule has 0 aliphatic carbocycles. The molecule has 3 rings (SSSR count). The van der Waals surface area contributed by atoms with Gasteiger partial charge in [-0.3, -0.25) is 24.3 Å². The molecule has 0 atom stereocenters. The molecule has 0 bridgehead atoms. The lowest BCUT2D eigenvalue weighted by molar-refractivity contribution is -0.384. The number of hydrogen-bond acceptors (Lipinski definition) is 7. The molecule has 8 nitrogen and oxygen atoms in total. The second-order valence-corrected chi connectivity index (χ2v) is 7.50. The summed E-state index contributed by atoms with van der Waals surface area (Å²) in [5.41, 5.74) is 1.10. The van der Waals surface area contributed by atoms with Crippen molar-refractivity contribution in [3.8, 4) is 0 Å². The van der Waals surface area contributed by atoms with Crippen LogP contribution in [-0.4, -0.2) is 26.1 Å². The summed E-state index contributed by atoms with van der Waals surface area (Å²) in [5, 5.41) is 16.0. The zero-order valence-electron chi connectivity index (χ0n) is 14.6. The van der Waals surface area contributed by atoms with E-state index in [1.54, 1.807) is 30.5 Å². The van der Waals surface area contributed by atoms with Crippen molar-refractivity contribution in [2.45, 2.75) is 25.5 Å². The first-order valence-corrected chi connectivity index (χ1v) is 9.93. The molecule has 1 aromatic carbocycles. The van der Waals surface area contributed by atoms with Gasteiger partial charge in [-0.05, 0) is 30.9 Å². The van der Waals surface area contributed by atoms with Crippen molar-refractivity contribution in [1.29, 1.82) is 0 Å². The van der Waals surface area contributed by atoms with E-state index in [0.29, 0.717) is 27.5 Å². The smallest absolute Gasteiger partial charge is 0.293 e. The van der Waals surface area contributed by atoms with E-state index < -0.39 is 10.8 Å². The fraction of sp³-hybridized carbons (Fsp3) is 0.235. The Balaban J connectivity index is 1.80. The highest BCUT2D eigenvalue weighted by atomic mass is 32.2. The van der Waals surface area contributed by atoms with E-state index in [4.69, 9.17) is 0 Å². The Kier molecular flexibility index (Phi) is 5.57. The van der Waals surface area contributed by atoms with Gasteiger partial charge in [-0.1, -0.05) is 23.9 Å². The number of amides is 1. The normalized spacial score (nSPS) is 10.9. The van der Waals surface area contributed by atoms with Crippen molar-refractivity contribution >= 4 is 50.6 Å². The van der Waals surface area contributed by atoms with E-state index in [0.717, 1.165) is 11.8 Å². The summed E-state index contributed by atoms with van der Waals surface area (Å²) < 4.78 is 2.11. The van der Waals surface area contributed by atoms with Crippen molar-refractivity contribution < 1.29 is 9.72 Å². The number of aromatic nitrogens is 2. The number of anilines is 1. The summed E-state index contributed by atoms with van der Waals surface area (Å²) in [7, 11) is 0. The molecule has 0 saturated heterocycles. The third-order valence-corrected chi connectivity index (χ3v) is 5.76. The predicted octanol–water partition coefficient (Wildman–Crippen LogP) is 3.43. The summed E-state index contributed by atoms with van der Waals surface area (Å²) in [6.45, 7) is 3.97. The highest BCUT2D eigenvalue weighted by Crippen LogP contribution is 2.28. The van der Waals surface area contributed by atoms with E-state index in [-0.39, 0.29) is 22.7 Å². The van der Waals surface area contributed by atoms with Crippen LogP contribution in [0, 0.1) is 17.0 Å². The third-order valence-electron chi connectivity index (χ3n) is 3.89. The minimum absolute atomic E-state index is 0.0203. The number of nitrogens with one attached hydrogen (secondary N) is 1. The van der Waals surface area contributed by atoms with E-state index in [2.05, 4.69) is 10.3 Å². The maximum absolute atomic E-state index is 12.5. The average molecular weight is 404 g/mol. The largest absolute Gasteiger partial charge is 0.319 e. The molecule has 10 heteroatoms. The second-order valence-electron chi connectivity index (χ2n) is 5.64. The molecule has 1 N–H and O–H groups in total. The molecule has 2 aromatic heterocycles. The standard InChI is InChI=1S/C17H16N4O4S2/c1-3-20-16(23)15-11(7-8-26-15)18-17(20)27-9-13(22)19-14-10(2)5-4-6-12(14)21(24)25/h4-8H,3,9H2,1-2H3,(H,19,22). The summed E-state index contributed by atoms with van der Waals surface area (Å²) >= 11 is 2.46. The van der Waals surface area contributed by atoms with E-state index >= 15 is 0 Å². The first-order chi connectivity index (χ1) is 12.9. The lowest BCUT2D eigenvalue weighted by Crippen LogP contribution is -2.23. The first-order valence-electron chi connectivity index (χ1n) is 8.07. The average Bonchev–Trinajstić information content (AvgIpc) is 3.10. The number of thiophene rings is 1. The van der Waals surface area contributed by atoms with Crippen LogP contribution in [0.15, 0.2) is 39.6 Å². The molecule has 0 aliphatic rings. The number of para-hydroxylation sites is 1. The topological polar surface area (TPSA) is 107 Å². The molecule has 0 fully saturated rings. The number of nitro benzene ring substituents is 1. The number of carbonyl (C=O) groups excluding carboxylic acids is 1. The van der Waals surface area contributed by atoms with Gasteiger partial charge in [0.1, 0.15) is 10.4 Å². The quantitative estimate of drug-likeness (QED) is 0.292.